The summed E-state index contributed by atoms with van der Waals surface area (Å²) >= 11 is 0. The molecule has 0 saturated carbocycles. The number of benzene rings is 2. The number of rotatable bonds is 8. The molecule has 1 amide bonds. The van der Waals surface area contributed by atoms with Crippen molar-refractivity contribution in [2.45, 2.75) is 20.4 Å². The van der Waals surface area contributed by atoms with Crippen LogP contribution in [0.25, 0.3) is 11.3 Å². The first-order valence-electron chi connectivity index (χ1n) is 9.33. The molecule has 7 nitrogen and oxygen atoms in total. The zero-order valence-corrected chi connectivity index (χ0v) is 17.0. The fraction of sp³-hybridized carbons (Fsp3) is 0.273. The Bertz CT molecular complexity index is 975. The van der Waals surface area contributed by atoms with Crippen LogP contribution in [0, 0.1) is 6.92 Å². The first-order chi connectivity index (χ1) is 14.0. The van der Waals surface area contributed by atoms with Gasteiger partial charge in [-0.25, -0.2) is 0 Å². The third kappa shape index (κ3) is 4.87. The summed E-state index contributed by atoms with van der Waals surface area (Å²) in [6.07, 6.45) is 0. The molecule has 1 heterocycles. The number of amides is 1. The smallest absolute Gasteiger partial charge is 0.269 e. The highest BCUT2D eigenvalue weighted by Gasteiger charge is 2.13. The molecule has 0 saturated heterocycles. The highest BCUT2D eigenvalue weighted by molar-refractivity contribution is 5.93. The third-order valence-corrected chi connectivity index (χ3v) is 4.47. The monoisotopic (exact) mass is 395 g/mol. The molecule has 0 aliphatic heterocycles. The number of carbonyl (C=O) groups excluding carboxylic acids is 1. The van der Waals surface area contributed by atoms with E-state index in [1.807, 2.05) is 44.2 Å². The molecule has 3 rings (SSSR count). The molecule has 0 unspecified atom stereocenters. The van der Waals surface area contributed by atoms with Gasteiger partial charge in [0, 0.05) is 18.2 Å². The average molecular weight is 395 g/mol. The lowest BCUT2D eigenvalue weighted by atomic mass is 10.1. The van der Waals surface area contributed by atoms with Gasteiger partial charge in [0.2, 0.25) is 0 Å². The van der Waals surface area contributed by atoms with Crippen LogP contribution in [0.15, 0.2) is 42.5 Å². The SMILES string of the molecule is CCOc1ccc(-c2cc(C(=O)NCc3cc(OC)cc(OC)c3)[nH]n2)c(C)c1. The number of nitrogens with zero attached hydrogens (tertiary/aromatic N) is 1. The maximum Gasteiger partial charge on any atom is 0.269 e. The molecule has 29 heavy (non-hydrogen) atoms. The number of methoxy groups -OCH3 is 2. The molecule has 0 spiro atoms. The van der Waals surface area contributed by atoms with Gasteiger partial charge in [-0.2, -0.15) is 5.10 Å². The number of ether oxygens (including phenoxy) is 3. The number of nitrogens with one attached hydrogen (secondary N) is 2. The van der Waals surface area contributed by atoms with Gasteiger partial charge in [-0.05, 0) is 61.4 Å². The van der Waals surface area contributed by atoms with Gasteiger partial charge in [-0.3, -0.25) is 9.89 Å². The van der Waals surface area contributed by atoms with E-state index >= 15 is 0 Å². The van der Waals surface area contributed by atoms with Gasteiger partial charge in [0.05, 0.1) is 26.5 Å². The number of aromatic amines is 1. The molecule has 0 bridgehead atoms. The molecule has 0 fully saturated rings. The first-order valence-corrected chi connectivity index (χ1v) is 9.33. The van der Waals surface area contributed by atoms with E-state index in [1.54, 1.807) is 26.4 Å². The molecule has 2 N–H and O–H groups in total. The van der Waals surface area contributed by atoms with E-state index in [2.05, 4.69) is 15.5 Å². The van der Waals surface area contributed by atoms with Crippen molar-refractivity contribution in [1.29, 1.82) is 0 Å². The van der Waals surface area contributed by atoms with Crippen molar-refractivity contribution in [2.75, 3.05) is 20.8 Å². The number of aromatic nitrogens is 2. The van der Waals surface area contributed by atoms with Crippen molar-refractivity contribution in [1.82, 2.24) is 15.5 Å². The Hall–Kier alpha value is -3.48. The fourth-order valence-corrected chi connectivity index (χ4v) is 3.00. The second-order valence-corrected chi connectivity index (χ2v) is 6.48. The summed E-state index contributed by atoms with van der Waals surface area (Å²) in [7, 11) is 3.18. The zero-order chi connectivity index (χ0) is 20.8. The molecule has 1 aromatic heterocycles. The largest absolute Gasteiger partial charge is 0.497 e. The molecular formula is C22H25N3O4. The second-order valence-electron chi connectivity index (χ2n) is 6.48. The first kappa shape index (κ1) is 20.3. The Kier molecular flexibility index (Phi) is 6.39. The lowest BCUT2D eigenvalue weighted by Gasteiger charge is -2.09. The summed E-state index contributed by atoms with van der Waals surface area (Å²) in [6.45, 7) is 4.89. The highest BCUT2D eigenvalue weighted by atomic mass is 16.5. The van der Waals surface area contributed by atoms with Crippen LogP contribution < -0.4 is 19.5 Å². The van der Waals surface area contributed by atoms with Crippen molar-refractivity contribution in [3.8, 4) is 28.5 Å². The van der Waals surface area contributed by atoms with Crippen LogP contribution in [-0.4, -0.2) is 36.9 Å². The Balaban J connectivity index is 1.70. The maximum absolute atomic E-state index is 12.5. The minimum Gasteiger partial charge on any atom is -0.497 e. The van der Waals surface area contributed by atoms with Crippen LogP contribution in [-0.2, 0) is 6.54 Å². The minimum absolute atomic E-state index is 0.242. The summed E-state index contributed by atoms with van der Waals surface area (Å²) < 4.78 is 16.0. The zero-order valence-electron chi connectivity index (χ0n) is 17.0. The van der Waals surface area contributed by atoms with Crippen LogP contribution in [0.5, 0.6) is 17.2 Å². The average Bonchev–Trinajstić information content (AvgIpc) is 3.22. The van der Waals surface area contributed by atoms with Crippen molar-refractivity contribution in [3.05, 3.63) is 59.3 Å². The number of carbonyl (C=O) groups is 1. The summed E-state index contributed by atoms with van der Waals surface area (Å²) in [5.74, 6) is 1.91. The van der Waals surface area contributed by atoms with Gasteiger partial charge in [0.25, 0.3) is 5.91 Å². The minimum atomic E-state index is -0.242. The van der Waals surface area contributed by atoms with E-state index in [1.165, 1.54) is 0 Å². The van der Waals surface area contributed by atoms with E-state index in [0.717, 1.165) is 22.4 Å². The van der Waals surface area contributed by atoms with Crippen LogP contribution in [0.1, 0.15) is 28.5 Å². The summed E-state index contributed by atoms with van der Waals surface area (Å²) in [5.41, 5.74) is 3.94. The summed E-state index contributed by atoms with van der Waals surface area (Å²) in [4.78, 5) is 12.5. The van der Waals surface area contributed by atoms with E-state index in [4.69, 9.17) is 14.2 Å². The lowest BCUT2D eigenvalue weighted by molar-refractivity contribution is 0.0946. The standard InChI is InChI=1S/C22H25N3O4/c1-5-29-16-6-7-19(14(2)8-16)20-12-21(25-24-20)22(26)23-13-15-9-17(27-3)11-18(10-15)28-4/h6-12H,5,13H2,1-4H3,(H,23,26)(H,24,25). The summed E-state index contributed by atoms with van der Waals surface area (Å²) in [5, 5.41) is 9.98. The van der Waals surface area contributed by atoms with E-state index in [9.17, 15) is 4.79 Å². The van der Waals surface area contributed by atoms with E-state index in [-0.39, 0.29) is 5.91 Å². The third-order valence-electron chi connectivity index (χ3n) is 4.47. The quantitative estimate of drug-likeness (QED) is 0.607. The molecule has 3 aromatic rings. The molecule has 0 atom stereocenters. The van der Waals surface area contributed by atoms with Crippen molar-refractivity contribution in [3.63, 3.8) is 0 Å². The van der Waals surface area contributed by atoms with E-state index < -0.39 is 0 Å². The maximum atomic E-state index is 12.5. The van der Waals surface area contributed by atoms with Crippen molar-refractivity contribution < 1.29 is 19.0 Å². The van der Waals surface area contributed by atoms with Gasteiger partial charge >= 0.3 is 0 Å². The van der Waals surface area contributed by atoms with Crippen molar-refractivity contribution >= 4 is 5.91 Å². The van der Waals surface area contributed by atoms with Gasteiger partial charge in [0.15, 0.2) is 0 Å². The predicted molar refractivity (Wildman–Crippen MR) is 111 cm³/mol. The number of hydrogen-bond acceptors (Lipinski definition) is 5. The molecule has 152 valence electrons. The lowest BCUT2D eigenvalue weighted by Crippen LogP contribution is -2.23. The fourth-order valence-electron chi connectivity index (χ4n) is 3.00. The molecule has 0 aliphatic rings. The molecule has 0 radical (unpaired) electrons. The molecular weight excluding hydrogens is 370 g/mol. The van der Waals surface area contributed by atoms with E-state index in [0.29, 0.717) is 36.0 Å². The number of H-pyrrole nitrogens is 1. The van der Waals surface area contributed by atoms with Crippen molar-refractivity contribution in [2.24, 2.45) is 0 Å². The van der Waals surface area contributed by atoms with Gasteiger partial charge in [-0.15, -0.1) is 0 Å². The predicted octanol–water partition coefficient (Wildman–Crippen LogP) is 3.73. The van der Waals surface area contributed by atoms with Crippen LogP contribution in [0.2, 0.25) is 0 Å². The normalized spacial score (nSPS) is 10.5. The Labute approximate surface area is 170 Å². The van der Waals surface area contributed by atoms with Crippen LogP contribution in [0.3, 0.4) is 0 Å². The number of hydrogen-bond donors (Lipinski definition) is 2. The van der Waals surface area contributed by atoms with Gasteiger partial charge in [0.1, 0.15) is 22.9 Å². The van der Waals surface area contributed by atoms with Crippen LogP contribution >= 0.6 is 0 Å². The number of aryl methyl sites for hydroxylation is 1. The molecule has 0 aliphatic carbocycles. The van der Waals surface area contributed by atoms with Gasteiger partial charge in [-0.1, -0.05) is 0 Å². The highest BCUT2D eigenvalue weighted by Crippen LogP contribution is 2.26. The Morgan fingerprint density at radius 3 is 2.38 bits per heavy atom. The Morgan fingerprint density at radius 1 is 1.03 bits per heavy atom. The molecule has 2 aromatic carbocycles. The summed E-state index contributed by atoms with van der Waals surface area (Å²) in [6, 6.07) is 13.0. The second kappa shape index (κ2) is 9.14. The Morgan fingerprint density at radius 2 is 1.76 bits per heavy atom. The molecule has 7 heteroatoms. The topological polar surface area (TPSA) is 85.5 Å². The van der Waals surface area contributed by atoms with Crippen LogP contribution in [0.4, 0.5) is 0 Å². The van der Waals surface area contributed by atoms with Gasteiger partial charge < -0.3 is 19.5 Å².